The molecule has 0 aliphatic heterocycles. The van der Waals surface area contributed by atoms with Crippen LogP contribution in [0.5, 0.6) is 5.75 Å². The molecular weight excluding hydrogens is 258 g/mol. The molecule has 0 aromatic heterocycles. The smallest absolute Gasteiger partial charge is 0.175 e. The zero-order valence-electron chi connectivity index (χ0n) is 10.5. The minimum Gasteiger partial charge on any atom is -0.497 e. The summed E-state index contributed by atoms with van der Waals surface area (Å²) in [6, 6.07) is 14.9. The van der Waals surface area contributed by atoms with Gasteiger partial charge in [-0.15, -0.1) is 0 Å². The van der Waals surface area contributed by atoms with Crippen molar-refractivity contribution in [2.75, 3.05) is 23.5 Å². The number of nitrogens with one attached hydrogen (secondary N) is 2. The number of ether oxygens (including phenoxy) is 1. The summed E-state index contributed by atoms with van der Waals surface area (Å²) in [5, 5.41) is 6.68. The highest BCUT2D eigenvalue weighted by Crippen LogP contribution is 2.17. The number of nitrogens with two attached hydrogens (primary N) is 1. The van der Waals surface area contributed by atoms with E-state index in [1.54, 1.807) is 7.11 Å². The van der Waals surface area contributed by atoms with Gasteiger partial charge in [-0.2, -0.15) is 0 Å². The van der Waals surface area contributed by atoms with Gasteiger partial charge < -0.3 is 21.1 Å². The first-order chi connectivity index (χ1) is 9.17. The van der Waals surface area contributed by atoms with Crippen molar-refractivity contribution in [3.05, 3.63) is 48.5 Å². The third-order valence-electron chi connectivity index (χ3n) is 2.50. The summed E-state index contributed by atoms with van der Waals surface area (Å²) in [4.78, 5) is 0. The van der Waals surface area contributed by atoms with Gasteiger partial charge in [-0.05, 0) is 48.6 Å². The van der Waals surface area contributed by atoms with Gasteiger partial charge in [-0.3, -0.25) is 0 Å². The molecule has 0 fully saturated rings. The fourth-order valence-corrected chi connectivity index (χ4v) is 1.80. The lowest BCUT2D eigenvalue weighted by Crippen LogP contribution is -2.18. The van der Waals surface area contributed by atoms with Crippen molar-refractivity contribution in [1.82, 2.24) is 0 Å². The lowest BCUT2D eigenvalue weighted by Gasteiger charge is -2.11. The van der Waals surface area contributed by atoms with Crippen LogP contribution in [-0.2, 0) is 0 Å². The Morgan fingerprint density at radius 2 is 1.74 bits per heavy atom. The Labute approximate surface area is 117 Å². The highest BCUT2D eigenvalue weighted by atomic mass is 32.1. The summed E-state index contributed by atoms with van der Waals surface area (Å²) in [7, 11) is 1.63. The molecule has 5 heteroatoms. The van der Waals surface area contributed by atoms with Crippen LogP contribution in [0.1, 0.15) is 0 Å². The maximum atomic E-state index is 5.62. The van der Waals surface area contributed by atoms with Crippen LogP contribution >= 0.6 is 12.2 Å². The van der Waals surface area contributed by atoms with Crippen LogP contribution in [-0.4, -0.2) is 12.2 Å². The quantitative estimate of drug-likeness (QED) is 0.592. The number of thiocarbonyl (C=S) groups is 1. The van der Waals surface area contributed by atoms with Gasteiger partial charge >= 0.3 is 0 Å². The maximum absolute atomic E-state index is 5.62. The molecule has 0 heterocycles. The molecule has 4 N–H and O–H groups in total. The van der Waals surface area contributed by atoms with Crippen LogP contribution in [0.3, 0.4) is 0 Å². The monoisotopic (exact) mass is 273 g/mol. The van der Waals surface area contributed by atoms with Crippen LogP contribution in [0.15, 0.2) is 48.5 Å². The topological polar surface area (TPSA) is 59.3 Å². The third-order valence-corrected chi connectivity index (χ3v) is 2.70. The van der Waals surface area contributed by atoms with Gasteiger partial charge in [0.2, 0.25) is 0 Å². The molecule has 4 nitrogen and oxygen atoms in total. The summed E-state index contributed by atoms with van der Waals surface area (Å²) in [5.74, 6) is 0.778. The number of hydrogen-bond acceptors (Lipinski definition) is 3. The van der Waals surface area contributed by atoms with Gasteiger partial charge in [0.25, 0.3) is 0 Å². The van der Waals surface area contributed by atoms with E-state index in [-0.39, 0.29) is 0 Å². The molecule has 0 bridgehead atoms. The second-order valence-corrected chi connectivity index (χ2v) is 4.34. The fourth-order valence-electron chi connectivity index (χ4n) is 1.56. The Balaban J connectivity index is 1.99. The second kappa shape index (κ2) is 6.06. The van der Waals surface area contributed by atoms with Crippen molar-refractivity contribution in [2.24, 2.45) is 0 Å². The molecule has 0 radical (unpaired) electrons. The Bertz CT molecular complexity index is 569. The van der Waals surface area contributed by atoms with Gasteiger partial charge in [0.05, 0.1) is 7.11 Å². The van der Waals surface area contributed by atoms with E-state index in [0.29, 0.717) is 5.11 Å². The van der Waals surface area contributed by atoms with E-state index in [4.69, 9.17) is 22.7 Å². The highest BCUT2D eigenvalue weighted by Gasteiger charge is 2.00. The number of nitrogen functional groups attached to an aromatic ring is 1. The van der Waals surface area contributed by atoms with E-state index in [2.05, 4.69) is 10.6 Å². The molecule has 0 unspecified atom stereocenters. The van der Waals surface area contributed by atoms with Gasteiger partial charge in [-0.25, -0.2) is 0 Å². The van der Waals surface area contributed by atoms with Crippen molar-refractivity contribution in [3.63, 3.8) is 0 Å². The van der Waals surface area contributed by atoms with E-state index in [1.165, 1.54) is 0 Å². The number of rotatable bonds is 3. The summed E-state index contributed by atoms with van der Waals surface area (Å²) in [5.41, 5.74) is 8.09. The molecule has 0 saturated carbocycles. The summed E-state index contributed by atoms with van der Waals surface area (Å²) >= 11 is 5.24. The summed E-state index contributed by atoms with van der Waals surface area (Å²) in [6.45, 7) is 0. The Morgan fingerprint density at radius 1 is 1.05 bits per heavy atom. The SMILES string of the molecule is COc1cccc(NC(=S)Nc2ccc(N)cc2)c1. The van der Waals surface area contributed by atoms with Crippen LogP contribution in [0.4, 0.5) is 17.1 Å². The molecule has 0 aliphatic rings. The van der Waals surface area contributed by atoms with Gasteiger partial charge in [0, 0.05) is 23.1 Å². The summed E-state index contributed by atoms with van der Waals surface area (Å²) < 4.78 is 5.15. The minimum atomic E-state index is 0.512. The van der Waals surface area contributed by atoms with Crippen LogP contribution in [0, 0.1) is 0 Å². The molecular formula is C14H15N3OS. The van der Waals surface area contributed by atoms with E-state index < -0.39 is 0 Å². The minimum absolute atomic E-state index is 0.512. The lowest BCUT2D eigenvalue weighted by atomic mass is 10.3. The molecule has 0 spiro atoms. The number of benzene rings is 2. The molecule has 0 aliphatic carbocycles. The summed E-state index contributed by atoms with van der Waals surface area (Å²) in [6.07, 6.45) is 0. The van der Waals surface area contributed by atoms with Crippen LogP contribution < -0.4 is 21.1 Å². The number of methoxy groups -OCH3 is 1. The zero-order valence-corrected chi connectivity index (χ0v) is 11.3. The fraction of sp³-hybridized carbons (Fsp3) is 0.0714. The number of anilines is 3. The molecule has 98 valence electrons. The van der Waals surface area contributed by atoms with Crippen molar-refractivity contribution in [3.8, 4) is 5.75 Å². The standard InChI is InChI=1S/C14H15N3OS/c1-18-13-4-2-3-12(9-13)17-14(19)16-11-7-5-10(15)6-8-11/h2-9H,15H2,1H3,(H2,16,17,19). The van der Waals surface area contributed by atoms with Crippen molar-refractivity contribution >= 4 is 34.4 Å². The molecule has 19 heavy (non-hydrogen) atoms. The average Bonchev–Trinajstić information content (AvgIpc) is 2.41. The van der Waals surface area contributed by atoms with Crippen LogP contribution in [0.2, 0.25) is 0 Å². The number of hydrogen-bond donors (Lipinski definition) is 3. The van der Waals surface area contributed by atoms with Crippen LogP contribution in [0.25, 0.3) is 0 Å². The predicted octanol–water partition coefficient (Wildman–Crippen LogP) is 3.09. The molecule has 2 aromatic rings. The maximum Gasteiger partial charge on any atom is 0.175 e. The van der Waals surface area contributed by atoms with Crippen molar-refractivity contribution in [2.45, 2.75) is 0 Å². The largest absolute Gasteiger partial charge is 0.497 e. The van der Waals surface area contributed by atoms with E-state index in [0.717, 1.165) is 22.8 Å². The molecule has 0 amide bonds. The van der Waals surface area contributed by atoms with E-state index in [9.17, 15) is 0 Å². The van der Waals surface area contributed by atoms with E-state index in [1.807, 2.05) is 48.5 Å². The first-order valence-corrected chi connectivity index (χ1v) is 6.16. The first kappa shape index (κ1) is 13.2. The Hall–Kier alpha value is -2.27. The third kappa shape index (κ3) is 3.86. The molecule has 0 atom stereocenters. The molecule has 2 aromatic carbocycles. The Kier molecular flexibility index (Phi) is 4.20. The first-order valence-electron chi connectivity index (χ1n) is 5.75. The lowest BCUT2D eigenvalue weighted by molar-refractivity contribution is 0.415. The second-order valence-electron chi connectivity index (χ2n) is 3.93. The van der Waals surface area contributed by atoms with Crippen molar-refractivity contribution in [1.29, 1.82) is 0 Å². The molecule has 2 rings (SSSR count). The normalized spacial score (nSPS) is 9.74. The Morgan fingerprint density at radius 3 is 2.42 bits per heavy atom. The highest BCUT2D eigenvalue weighted by molar-refractivity contribution is 7.80. The van der Waals surface area contributed by atoms with E-state index >= 15 is 0 Å². The van der Waals surface area contributed by atoms with Gasteiger partial charge in [0.1, 0.15) is 5.75 Å². The molecule has 0 saturated heterocycles. The van der Waals surface area contributed by atoms with Crippen molar-refractivity contribution < 1.29 is 4.74 Å². The predicted molar refractivity (Wildman–Crippen MR) is 83.7 cm³/mol. The average molecular weight is 273 g/mol. The van der Waals surface area contributed by atoms with Gasteiger partial charge in [0.15, 0.2) is 5.11 Å². The van der Waals surface area contributed by atoms with Gasteiger partial charge in [-0.1, -0.05) is 6.07 Å². The zero-order chi connectivity index (χ0) is 13.7.